The van der Waals surface area contributed by atoms with Gasteiger partial charge in [0.1, 0.15) is 23.1 Å². The number of hydrogen-bond acceptors (Lipinski definition) is 4. The summed E-state index contributed by atoms with van der Waals surface area (Å²) in [6, 6.07) is 15.1. The summed E-state index contributed by atoms with van der Waals surface area (Å²) in [6.07, 6.45) is 1.34. The van der Waals surface area contributed by atoms with Crippen molar-refractivity contribution < 1.29 is 14.6 Å². The molecule has 110 valence electrons. The van der Waals surface area contributed by atoms with Crippen molar-refractivity contribution in [3.8, 4) is 17.6 Å². The van der Waals surface area contributed by atoms with Gasteiger partial charge in [-0.15, -0.1) is 0 Å². The fraction of sp³-hybridized carbons (Fsp3) is 0.0588. The number of phenols is 1. The molecule has 2 aromatic rings. The lowest BCUT2D eigenvalue weighted by atomic mass is 10.1. The van der Waals surface area contributed by atoms with Gasteiger partial charge in [-0.3, -0.25) is 4.79 Å². The summed E-state index contributed by atoms with van der Waals surface area (Å²) in [4.78, 5) is 12.1. The Morgan fingerprint density at radius 2 is 1.91 bits per heavy atom. The first kappa shape index (κ1) is 15.1. The highest BCUT2D eigenvalue weighted by Crippen LogP contribution is 2.20. The van der Waals surface area contributed by atoms with Crippen LogP contribution in [-0.2, 0) is 4.79 Å². The minimum absolute atomic E-state index is 0.00694. The van der Waals surface area contributed by atoms with Gasteiger partial charge < -0.3 is 15.2 Å². The molecule has 0 aromatic heterocycles. The molecule has 0 aliphatic carbocycles. The van der Waals surface area contributed by atoms with Gasteiger partial charge in [0.2, 0.25) is 0 Å². The van der Waals surface area contributed by atoms with Crippen molar-refractivity contribution in [2.45, 2.75) is 0 Å². The molecule has 22 heavy (non-hydrogen) atoms. The molecule has 0 aliphatic rings. The number of anilines is 1. The Hall–Kier alpha value is -3.26. The van der Waals surface area contributed by atoms with Crippen LogP contribution in [0.15, 0.2) is 54.1 Å². The molecule has 2 aromatic carbocycles. The minimum Gasteiger partial charge on any atom is -0.507 e. The van der Waals surface area contributed by atoms with E-state index < -0.39 is 5.91 Å². The fourth-order valence-corrected chi connectivity index (χ4v) is 1.79. The number of nitrogens with one attached hydrogen (secondary N) is 1. The number of phenolic OH excluding ortho intramolecular Hbond substituents is 1. The Morgan fingerprint density at radius 1 is 1.23 bits per heavy atom. The first-order valence-corrected chi connectivity index (χ1v) is 6.49. The molecule has 0 aliphatic heterocycles. The Morgan fingerprint density at radius 3 is 2.50 bits per heavy atom. The van der Waals surface area contributed by atoms with E-state index in [2.05, 4.69) is 5.32 Å². The third-order valence-corrected chi connectivity index (χ3v) is 2.95. The van der Waals surface area contributed by atoms with Crippen molar-refractivity contribution in [3.63, 3.8) is 0 Å². The number of nitriles is 1. The second-order valence-electron chi connectivity index (χ2n) is 4.41. The number of carbonyl (C=O) groups excluding carboxylic acids is 1. The zero-order chi connectivity index (χ0) is 15.9. The van der Waals surface area contributed by atoms with Gasteiger partial charge in [-0.1, -0.05) is 18.2 Å². The topological polar surface area (TPSA) is 82.3 Å². The van der Waals surface area contributed by atoms with E-state index >= 15 is 0 Å². The quantitative estimate of drug-likeness (QED) is 0.671. The number of carbonyl (C=O) groups is 1. The molecule has 0 atom stereocenters. The molecule has 0 bridgehead atoms. The molecule has 0 saturated heterocycles. The van der Waals surface area contributed by atoms with Gasteiger partial charge in [-0.2, -0.15) is 5.26 Å². The van der Waals surface area contributed by atoms with Crippen LogP contribution in [0.25, 0.3) is 6.08 Å². The molecule has 2 rings (SSSR count). The lowest BCUT2D eigenvalue weighted by molar-refractivity contribution is -0.112. The Labute approximate surface area is 128 Å². The van der Waals surface area contributed by atoms with Crippen LogP contribution >= 0.6 is 0 Å². The molecule has 0 spiro atoms. The number of nitrogens with zero attached hydrogens (tertiary/aromatic N) is 1. The summed E-state index contributed by atoms with van der Waals surface area (Å²) in [5.74, 6) is 0.131. The van der Waals surface area contributed by atoms with Crippen molar-refractivity contribution in [3.05, 3.63) is 59.7 Å². The molecule has 2 N–H and O–H groups in total. The molecule has 1 amide bonds. The van der Waals surface area contributed by atoms with Crippen LogP contribution in [0.1, 0.15) is 5.56 Å². The summed E-state index contributed by atoms with van der Waals surface area (Å²) in [5.41, 5.74) is 0.852. The Kier molecular flexibility index (Phi) is 4.78. The van der Waals surface area contributed by atoms with E-state index in [4.69, 9.17) is 10.00 Å². The molecule has 0 radical (unpaired) electrons. The first-order valence-electron chi connectivity index (χ1n) is 6.49. The Bertz CT molecular complexity index is 743. The van der Waals surface area contributed by atoms with E-state index in [1.807, 2.05) is 6.07 Å². The highest BCUT2D eigenvalue weighted by atomic mass is 16.5. The van der Waals surface area contributed by atoms with Crippen molar-refractivity contribution in [1.29, 1.82) is 5.26 Å². The van der Waals surface area contributed by atoms with Crippen LogP contribution in [0.3, 0.4) is 0 Å². The zero-order valence-corrected chi connectivity index (χ0v) is 11.9. The van der Waals surface area contributed by atoms with E-state index in [0.717, 1.165) is 0 Å². The zero-order valence-electron chi connectivity index (χ0n) is 11.9. The predicted octanol–water partition coefficient (Wildman–Crippen LogP) is 2.95. The van der Waals surface area contributed by atoms with Crippen molar-refractivity contribution in [1.82, 2.24) is 0 Å². The molecule has 5 nitrogen and oxygen atoms in total. The molecule has 0 saturated carbocycles. The maximum atomic E-state index is 12.1. The highest BCUT2D eigenvalue weighted by Gasteiger charge is 2.10. The molecule has 0 unspecified atom stereocenters. The first-order chi connectivity index (χ1) is 10.6. The molecule has 0 heterocycles. The van der Waals surface area contributed by atoms with Gasteiger partial charge >= 0.3 is 0 Å². The van der Waals surface area contributed by atoms with Crippen molar-refractivity contribution >= 4 is 17.7 Å². The average molecular weight is 294 g/mol. The maximum Gasteiger partial charge on any atom is 0.266 e. The van der Waals surface area contributed by atoms with E-state index in [1.54, 1.807) is 49.6 Å². The van der Waals surface area contributed by atoms with Crippen LogP contribution in [0.2, 0.25) is 0 Å². The number of aromatic hydroxyl groups is 1. The normalized spacial score (nSPS) is 10.6. The van der Waals surface area contributed by atoms with Crippen molar-refractivity contribution in [2.24, 2.45) is 0 Å². The fourth-order valence-electron chi connectivity index (χ4n) is 1.79. The average Bonchev–Trinajstić information content (AvgIpc) is 2.54. The minimum atomic E-state index is -0.545. The SMILES string of the molecule is COc1ccc(NC(=O)/C(C#N)=C\c2ccccc2O)cc1. The van der Waals surface area contributed by atoms with Gasteiger partial charge in [-0.25, -0.2) is 0 Å². The largest absolute Gasteiger partial charge is 0.507 e. The number of amides is 1. The molecule has 5 heteroatoms. The van der Waals surface area contributed by atoms with E-state index in [1.165, 1.54) is 12.1 Å². The van der Waals surface area contributed by atoms with Crippen LogP contribution in [0.5, 0.6) is 11.5 Å². The predicted molar refractivity (Wildman–Crippen MR) is 83.3 cm³/mol. The number of ether oxygens (including phenoxy) is 1. The summed E-state index contributed by atoms with van der Waals surface area (Å²) in [7, 11) is 1.55. The second-order valence-corrected chi connectivity index (χ2v) is 4.41. The third kappa shape index (κ3) is 3.64. The number of hydrogen-bond donors (Lipinski definition) is 2. The van der Waals surface area contributed by atoms with Crippen LogP contribution in [0.4, 0.5) is 5.69 Å². The summed E-state index contributed by atoms with van der Waals surface area (Å²) in [5, 5.41) is 21.4. The Balaban J connectivity index is 2.19. The van der Waals surface area contributed by atoms with E-state index in [0.29, 0.717) is 17.0 Å². The van der Waals surface area contributed by atoms with Gasteiger partial charge in [-0.05, 0) is 36.4 Å². The standard InChI is InChI=1S/C17H14N2O3/c1-22-15-8-6-14(7-9-15)19-17(21)13(11-18)10-12-4-2-3-5-16(12)20/h2-10,20H,1H3,(H,19,21)/b13-10-. The van der Waals surface area contributed by atoms with Crippen LogP contribution in [0, 0.1) is 11.3 Å². The van der Waals surface area contributed by atoms with Gasteiger partial charge in [0.25, 0.3) is 5.91 Å². The van der Waals surface area contributed by atoms with E-state index in [-0.39, 0.29) is 11.3 Å². The lowest BCUT2D eigenvalue weighted by Gasteiger charge is -2.06. The maximum absolute atomic E-state index is 12.1. The van der Waals surface area contributed by atoms with Gasteiger partial charge in [0.15, 0.2) is 0 Å². The smallest absolute Gasteiger partial charge is 0.266 e. The third-order valence-electron chi connectivity index (χ3n) is 2.95. The van der Waals surface area contributed by atoms with Crippen LogP contribution in [-0.4, -0.2) is 18.1 Å². The summed E-state index contributed by atoms with van der Waals surface area (Å²) >= 11 is 0. The summed E-state index contributed by atoms with van der Waals surface area (Å²) in [6.45, 7) is 0. The molecular formula is C17H14N2O3. The number of methoxy groups -OCH3 is 1. The van der Waals surface area contributed by atoms with Gasteiger partial charge in [0.05, 0.1) is 7.11 Å². The second kappa shape index (κ2) is 6.95. The van der Waals surface area contributed by atoms with Crippen molar-refractivity contribution in [2.75, 3.05) is 12.4 Å². The molecule has 0 fully saturated rings. The number of rotatable bonds is 4. The number of benzene rings is 2. The highest BCUT2D eigenvalue weighted by molar-refractivity contribution is 6.09. The summed E-state index contributed by atoms with van der Waals surface area (Å²) < 4.78 is 5.03. The number of para-hydroxylation sites is 1. The van der Waals surface area contributed by atoms with Crippen LogP contribution < -0.4 is 10.1 Å². The molecular weight excluding hydrogens is 280 g/mol. The van der Waals surface area contributed by atoms with Gasteiger partial charge in [0, 0.05) is 11.3 Å². The lowest BCUT2D eigenvalue weighted by Crippen LogP contribution is -2.13. The monoisotopic (exact) mass is 294 g/mol. The van der Waals surface area contributed by atoms with E-state index in [9.17, 15) is 9.90 Å².